The van der Waals surface area contributed by atoms with Gasteiger partial charge in [0.05, 0.1) is 21.1 Å². The lowest BCUT2D eigenvalue weighted by Crippen LogP contribution is -2.28. The third-order valence-corrected chi connectivity index (χ3v) is 5.49. The molecule has 0 atom stereocenters. The summed E-state index contributed by atoms with van der Waals surface area (Å²) >= 11 is 1.44. The zero-order valence-corrected chi connectivity index (χ0v) is 15.6. The Morgan fingerprint density at radius 2 is 2.00 bits per heavy atom. The van der Waals surface area contributed by atoms with Gasteiger partial charge in [0, 0.05) is 24.8 Å². The minimum Gasteiger partial charge on any atom is -0.311 e. The number of aromatic nitrogens is 4. The van der Waals surface area contributed by atoms with Gasteiger partial charge in [-0.25, -0.2) is 4.98 Å². The summed E-state index contributed by atoms with van der Waals surface area (Å²) in [7, 11) is 3.91. The van der Waals surface area contributed by atoms with Crippen LogP contribution in [-0.2, 0) is 6.54 Å². The van der Waals surface area contributed by atoms with Crippen LogP contribution in [0.2, 0.25) is 0 Å². The summed E-state index contributed by atoms with van der Waals surface area (Å²) < 4.78 is 4.09. The molecule has 0 aliphatic heterocycles. The van der Waals surface area contributed by atoms with Crippen molar-refractivity contribution in [3.63, 3.8) is 0 Å². The second-order valence-corrected chi connectivity index (χ2v) is 7.54. The summed E-state index contributed by atoms with van der Waals surface area (Å²) in [6.45, 7) is 3.08. The first-order valence-corrected chi connectivity index (χ1v) is 9.13. The molecular formula is C18H19N5O2S. The van der Waals surface area contributed by atoms with Crippen LogP contribution in [0, 0.1) is 6.92 Å². The molecule has 0 unspecified atom stereocenters. The van der Waals surface area contributed by atoms with Crippen LogP contribution in [-0.4, -0.2) is 44.9 Å². The summed E-state index contributed by atoms with van der Waals surface area (Å²) in [6, 6.07) is 9.24. The van der Waals surface area contributed by atoms with Crippen LogP contribution in [0.3, 0.4) is 0 Å². The zero-order chi connectivity index (χ0) is 18.4. The molecule has 0 spiro atoms. The smallest absolute Gasteiger partial charge is 0.282 e. The number of nitrogens with zero attached hydrogens (tertiary/aromatic N) is 4. The number of rotatable bonds is 4. The molecular weight excluding hydrogens is 350 g/mol. The maximum absolute atomic E-state index is 13.0. The van der Waals surface area contributed by atoms with Crippen LogP contribution < -0.4 is 11.1 Å². The maximum Gasteiger partial charge on any atom is 0.282 e. The molecule has 3 heterocycles. The molecule has 0 saturated heterocycles. The lowest BCUT2D eigenvalue weighted by atomic mass is 10.2. The summed E-state index contributed by atoms with van der Waals surface area (Å²) in [6.07, 6.45) is 0. The van der Waals surface area contributed by atoms with Crippen molar-refractivity contribution in [3.8, 4) is 5.13 Å². The molecule has 0 aliphatic rings. The number of nitrogens with one attached hydrogen (secondary N) is 1. The van der Waals surface area contributed by atoms with Crippen molar-refractivity contribution >= 4 is 32.5 Å². The number of benzene rings is 1. The fraction of sp³-hybridized carbons (Fsp3) is 0.278. The van der Waals surface area contributed by atoms with Gasteiger partial charge in [0.2, 0.25) is 5.13 Å². The summed E-state index contributed by atoms with van der Waals surface area (Å²) in [5.74, 6) is 0. The van der Waals surface area contributed by atoms with Crippen molar-refractivity contribution in [2.75, 3.05) is 20.6 Å². The first-order chi connectivity index (χ1) is 12.5. The average molecular weight is 369 g/mol. The van der Waals surface area contributed by atoms with E-state index < -0.39 is 0 Å². The normalized spacial score (nSPS) is 11.8. The van der Waals surface area contributed by atoms with E-state index in [0.29, 0.717) is 28.3 Å². The van der Waals surface area contributed by atoms with Crippen LogP contribution >= 0.6 is 11.3 Å². The first-order valence-electron chi connectivity index (χ1n) is 8.31. The van der Waals surface area contributed by atoms with Gasteiger partial charge >= 0.3 is 0 Å². The highest BCUT2D eigenvalue weighted by atomic mass is 32.1. The SMILES string of the molecule is Cc1c2c(=O)n(-c3nc4ccccc4s3)[nH]c2cc(=O)n1CCN(C)C. The third kappa shape index (κ3) is 2.67. The molecule has 0 bridgehead atoms. The van der Waals surface area contributed by atoms with E-state index in [0.717, 1.165) is 16.8 Å². The van der Waals surface area contributed by atoms with Gasteiger partial charge in [0.25, 0.3) is 11.1 Å². The van der Waals surface area contributed by atoms with E-state index in [4.69, 9.17) is 0 Å². The molecule has 0 fully saturated rings. The van der Waals surface area contributed by atoms with Crippen LogP contribution in [0.15, 0.2) is 39.9 Å². The summed E-state index contributed by atoms with van der Waals surface area (Å²) in [4.78, 5) is 32.0. The Labute approximate surface area is 153 Å². The van der Waals surface area contributed by atoms with Gasteiger partial charge in [0.15, 0.2) is 0 Å². The van der Waals surface area contributed by atoms with Crippen molar-refractivity contribution in [3.05, 3.63) is 56.7 Å². The Morgan fingerprint density at radius 1 is 1.23 bits per heavy atom. The summed E-state index contributed by atoms with van der Waals surface area (Å²) in [5.41, 5.74) is 1.76. The third-order valence-electron chi connectivity index (χ3n) is 4.46. The van der Waals surface area contributed by atoms with E-state index in [-0.39, 0.29) is 11.1 Å². The second-order valence-electron chi connectivity index (χ2n) is 6.53. The quantitative estimate of drug-likeness (QED) is 0.597. The molecule has 0 saturated carbocycles. The fourth-order valence-electron chi connectivity index (χ4n) is 3.08. The number of pyridine rings is 1. The zero-order valence-electron chi connectivity index (χ0n) is 14.8. The van der Waals surface area contributed by atoms with Gasteiger partial charge in [-0.05, 0) is 33.2 Å². The van der Waals surface area contributed by atoms with Crippen molar-refractivity contribution < 1.29 is 0 Å². The lowest BCUT2D eigenvalue weighted by Gasteiger charge is -2.13. The van der Waals surface area contributed by atoms with Crippen LogP contribution in [0.1, 0.15) is 5.69 Å². The average Bonchev–Trinajstić information content (AvgIpc) is 3.15. The molecule has 0 radical (unpaired) electrons. The van der Waals surface area contributed by atoms with Crippen molar-refractivity contribution in [2.45, 2.75) is 13.5 Å². The van der Waals surface area contributed by atoms with Crippen molar-refractivity contribution in [1.29, 1.82) is 0 Å². The van der Waals surface area contributed by atoms with Crippen LogP contribution in [0.5, 0.6) is 0 Å². The Morgan fingerprint density at radius 3 is 2.73 bits per heavy atom. The Hall–Kier alpha value is -2.71. The van der Waals surface area contributed by atoms with Crippen molar-refractivity contribution in [2.24, 2.45) is 0 Å². The highest BCUT2D eigenvalue weighted by Crippen LogP contribution is 2.24. The number of hydrogen-bond donors (Lipinski definition) is 1. The van der Waals surface area contributed by atoms with Gasteiger partial charge in [0.1, 0.15) is 0 Å². The van der Waals surface area contributed by atoms with Crippen LogP contribution in [0.25, 0.3) is 26.3 Å². The Balaban J connectivity index is 1.90. The predicted octanol–water partition coefficient (Wildman–Crippen LogP) is 1.96. The molecule has 1 N–H and O–H groups in total. The monoisotopic (exact) mass is 369 g/mol. The van der Waals surface area contributed by atoms with E-state index in [9.17, 15) is 9.59 Å². The molecule has 3 aromatic heterocycles. The molecule has 0 amide bonds. The molecule has 4 aromatic rings. The van der Waals surface area contributed by atoms with E-state index in [1.54, 1.807) is 4.57 Å². The molecule has 1 aromatic carbocycles. The topological polar surface area (TPSA) is 75.9 Å². The van der Waals surface area contributed by atoms with Gasteiger partial charge in [-0.15, -0.1) is 0 Å². The molecule has 4 rings (SSSR count). The first kappa shape index (κ1) is 16.7. The van der Waals surface area contributed by atoms with E-state index in [1.165, 1.54) is 22.1 Å². The van der Waals surface area contributed by atoms with Gasteiger partial charge in [-0.3, -0.25) is 14.7 Å². The van der Waals surface area contributed by atoms with Gasteiger partial charge in [-0.2, -0.15) is 4.68 Å². The predicted molar refractivity (Wildman–Crippen MR) is 105 cm³/mol. The lowest BCUT2D eigenvalue weighted by molar-refractivity contribution is 0.379. The molecule has 26 heavy (non-hydrogen) atoms. The number of aryl methyl sites for hydroxylation is 1. The second kappa shape index (κ2) is 6.22. The minimum absolute atomic E-state index is 0.116. The number of fused-ring (bicyclic) bond motifs is 2. The standard InChI is InChI=1S/C18H19N5O2S/c1-11-16-13(10-15(24)22(11)9-8-21(2)3)20-23(17(16)25)18-19-12-6-4-5-7-14(12)26-18/h4-7,10,20H,8-9H2,1-3H3. The van der Waals surface area contributed by atoms with E-state index in [2.05, 4.69) is 10.1 Å². The van der Waals surface area contributed by atoms with E-state index >= 15 is 0 Å². The number of aromatic amines is 1. The van der Waals surface area contributed by atoms with Crippen molar-refractivity contribution in [1.82, 2.24) is 24.2 Å². The fourth-order valence-corrected chi connectivity index (χ4v) is 4.00. The van der Waals surface area contributed by atoms with Crippen LogP contribution in [0.4, 0.5) is 0 Å². The number of thiazole rings is 1. The van der Waals surface area contributed by atoms with E-state index in [1.807, 2.05) is 50.2 Å². The molecule has 7 nitrogen and oxygen atoms in total. The largest absolute Gasteiger partial charge is 0.311 e. The molecule has 8 heteroatoms. The molecule has 134 valence electrons. The summed E-state index contributed by atoms with van der Waals surface area (Å²) in [5, 5.41) is 4.14. The Bertz CT molecular complexity index is 1200. The highest BCUT2D eigenvalue weighted by Gasteiger charge is 2.17. The number of hydrogen-bond acceptors (Lipinski definition) is 5. The number of likely N-dealkylation sites (N-methyl/N-ethyl adjacent to an activating group) is 1. The number of para-hydroxylation sites is 1. The minimum atomic E-state index is -0.185. The molecule has 0 aliphatic carbocycles. The van der Waals surface area contributed by atoms with Gasteiger partial charge < -0.3 is 9.47 Å². The number of H-pyrrole nitrogens is 1. The Kier molecular flexibility index (Phi) is 4.01. The highest BCUT2D eigenvalue weighted by molar-refractivity contribution is 7.20. The maximum atomic E-state index is 13.0. The van der Waals surface area contributed by atoms with Gasteiger partial charge in [-0.1, -0.05) is 23.5 Å².